The molecule has 11 rings (SSSR count). The van der Waals surface area contributed by atoms with Gasteiger partial charge in [0.2, 0.25) is 0 Å². The number of nitriles is 2. The van der Waals surface area contributed by atoms with Crippen molar-refractivity contribution in [3.63, 3.8) is 0 Å². The van der Waals surface area contributed by atoms with E-state index in [4.69, 9.17) is 0 Å². The van der Waals surface area contributed by atoms with Gasteiger partial charge >= 0.3 is 0 Å². The fraction of sp³-hybridized carbons (Fsp3) is 0. The molecule has 0 bridgehead atoms. The summed E-state index contributed by atoms with van der Waals surface area (Å²) in [5, 5.41) is 26.8. The lowest BCUT2D eigenvalue weighted by Gasteiger charge is -2.13. The Morgan fingerprint density at radius 2 is 0.745 bits per heavy atom. The standard InChI is InChI=1S/C50H29N5/c51-30-32-17-25-49-43(27-32)40-11-3-8-16-48(40)55(49)37-24-26-50-44(29-37)41-12-4-7-15-47(41)53(50)35-21-18-33(19-22-35)42-28-36(23-20-34(42)31-52)54-45-13-5-1-9-38(45)39-10-2-6-14-46(39)54/h1-29H. The Labute approximate surface area is 316 Å². The highest BCUT2D eigenvalue weighted by atomic mass is 15.0. The lowest BCUT2D eigenvalue weighted by molar-refractivity contribution is 1.16. The Hall–Kier alpha value is -7.86. The van der Waals surface area contributed by atoms with E-state index < -0.39 is 0 Å². The third-order valence-corrected chi connectivity index (χ3v) is 11.1. The Morgan fingerprint density at radius 3 is 1.29 bits per heavy atom. The van der Waals surface area contributed by atoms with Crippen LogP contribution in [0.2, 0.25) is 0 Å². The van der Waals surface area contributed by atoms with E-state index in [0.29, 0.717) is 11.1 Å². The summed E-state index contributed by atoms with van der Waals surface area (Å²) in [6.07, 6.45) is 0. The van der Waals surface area contributed by atoms with Gasteiger partial charge < -0.3 is 13.7 Å². The van der Waals surface area contributed by atoms with Crippen molar-refractivity contribution in [3.8, 4) is 40.3 Å². The number of hydrogen-bond acceptors (Lipinski definition) is 2. The van der Waals surface area contributed by atoms with Crippen molar-refractivity contribution in [2.75, 3.05) is 0 Å². The fourth-order valence-corrected chi connectivity index (χ4v) is 8.70. The minimum Gasteiger partial charge on any atom is -0.309 e. The summed E-state index contributed by atoms with van der Waals surface area (Å²) in [7, 11) is 0. The molecule has 0 spiro atoms. The van der Waals surface area contributed by atoms with Crippen LogP contribution in [0.5, 0.6) is 0 Å². The van der Waals surface area contributed by atoms with Crippen LogP contribution in [0.3, 0.4) is 0 Å². The number of para-hydroxylation sites is 4. The monoisotopic (exact) mass is 699 g/mol. The largest absolute Gasteiger partial charge is 0.309 e. The van der Waals surface area contributed by atoms with E-state index >= 15 is 0 Å². The first-order valence-electron chi connectivity index (χ1n) is 18.3. The lowest BCUT2D eigenvalue weighted by Crippen LogP contribution is -1.97. The minimum absolute atomic E-state index is 0.635. The van der Waals surface area contributed by atoms with Crippen LogP contribution < -0.4 is 0 Å². The smallest absolute Gasteiger partial charge is 0.0998 e. The molecule has 3 aromatic heterocycles. The van der Waals surface area contributed by atoms with E-state index in [1.165, 1.54) is 16.2 Å². The predicted octanol–water partition coefficient (Wildman–Crippen LogP) is 12.4. The van der Waals surface area contributed by atoms with Crippen molar-refractivity contribution in [1.29, 1.82) is 10.5 Å². The van der Waals surface area contributed by atoms with E-state index in [9.17, 15) is 10.5 Å². The Bertz CT molecular complexity index is 3400. The highest BCUT2D eigenvalue weighted by Gasteiger charge is 2.18. The van der Waals surface area contributed by atoms with Crippen LogP contribution in [0.25, 0.3) is 93.6 Å². The highest BCUT2D eigenvalue weighted by Crippen LogP contribution is 2.39. The number of hydrogen-bond donors (Lipinski definition) is 0. The van der Waals surface area contributed by atoms with Crippen molar-refractivity contribution in [2.24, 2.45) is 0 Å². The van der Waals surface area contributed by atoms with Gasteiger partial charge in [0.25, 0.3) is 0 Å². The average molecular weight is 700 g/mol. The summed E-state index contributed by atoms with van der Waals surface area (Å²) in [5.41, 5.74) is 13.0. The maximum Gasteiger partial charge on any atom is 0.0998 e. The first-order valence-corrected chi connectivity index (χ1v) is 18.3. The van der Waals surface area contributed by atoms with Gasteiger partial charge in [0.05, 0.1) is 56.4 Å². The first kappa shape index (κ1) is 30.7. The number of nitrogens with zero attached hydrogens (tertiary/aromatic N) is 5. The molecular formula is C50H29N5. The molecular weight excluding hydrogens is 671 g/mol. The molecule has 55 heavy (non-hydrogen) atoms. The SMILES string of the molecule is N#Cc1ccc2c(c1)c1ccccc1n2-c1ccc2c(c1)c1ccccc1n2-c1ccc(-c2cc(-n3c4ccccc4c4ccccc43)ccc2C#N)cc1. The minimum atomic E-state index is 0.635. The summed E-state index contributed by atoms with van der Waals surface area (Å²) in [6, 6.07) is 66.0. The second-order valence-electron chi connectivity index (χ2n) is 14.0. The molecule has 5 heteroatoms. The zero-order valence-electron chi connectivity index (χ0n) is 29.5. The van der Waals surface area contributed by atoms with Gasteiger partial charge in [-0.2, -0.15) is 10.5 Å². The molecule has 0 saturated carbocycles. The molecule has 0 unspecified atom stereocenters. The van der Waals surface area contributed by atoms with E-state index in [-0.39, 0.29) is 0 Å². The van der Waals surface area contributed by atoms with Crippen molar-refractivity contribution < 1.29 is 0 Å². The predicted molar refractivity (Wildman–Crippen MR) is 224 cm³/mol. The first-order chi connectivity index (χ1) is 27.2. The number of fused-ring (bicyclic) bond motifs is 9. The third-order valence-electron chi connectivity index (χ3n) is 11.1. The van der Waals surface area contributed by atoms with Gasteiger partial charge in [-0.25, -0.2) is 0 Å². The van der Waals surface area contributed by atoms with Crippen LogP contribution in [0.4, 0.5) is 0 Å². The molecule has 0 aliphatic carbocycles. The molecule has 11 aromatic rings. The molecule has 254 valence electrons. The van der Waals surface area contributed by atoms with Gasteiger partial charge in [-0.05, 0) is 96.6 Å². The molecule has 0 saturated heterocycles. The van der Waals surface area contributed by atoms with Crippen LogP contribution in [-0.2, 0) is 0 Å². The van der Waals surface area contributed by atoms with E-state index in [1.54, 1.807) is 0 Å². The van der Waals surface area contributed by atoms with Crippen LogP contribution >= 0.6 is 0 Å². The molecule has 8 aromatic carbocycles. The molecule has 0 atom stereocenters. The summed E-state index contributed by atoms with van der Waals surface area (Å²) >= 11 is 0. The lowest BCUT2D eigenvalue weighted by atomic mass is 9.99. The van der Waals surface area contributed by atoms with Crippen LogP contribution in [-0.4, -0.2) is 13.7 Å². The van der Waals surface area contributed by atoms with E-state index in [0.717, 1.165) is 77.4 Å². The van der Waals surface area contributed by atoms with Crippen molar-refractivity contribution in [2.45, 2.75) is 0 Å². The second-order valence-corrected chi connectivity index (χ2v) is 14.0. The quantitative estimate of drug-likeness (QED) is 0.184. The molecule has 5 nitrogen and oxygen atoms in total. The van der Waals surface area contributed by atoms with E-state index in [2.05, 4.69) is 177 Å². The Kier molecular flexibility index (Phi) is 6.61. The highest BCUT2D eigenvalue weighted by molar-refractivity contribution is 6.13. The van der Waals surface area contributed by atoms with Gasteiger partial charge in [0, 0.05) is 54.9 Å². The molecule has 0 fully saturated rings. The van der Waals surface area contributed by atoms with Crippen molar-refractivity contribution in [3.05, 3.63) is 187 Å². The van der Waals surface area contributed by atoms with Crippen molar-refractivity contribution in [1.82, 2.24) is 13.7 Å². The van der Waals surface area contributed by atoms with E-state index in [1.807, 2.05) is 24.3 Å². The number of aromatic nitrogens is 3. The molecule has 0 amide bonds. The zero-order valence-corrected chi connectivity index (χ0v) is 29.5. The number of rotatable bonds is 4. The van der Waals surface area contributed by atoms with Gasteiger partial charge in [-0.15, -0.1) is 0 Å². The maximum absolute atomic E-state index is 10.2. The van der Waals surface area contributed by atoms with Gasteiger partial charge in [0.1, 0.15) is 0 Å². The molecule has 0 radical (unpaired) electrons. The van der Waals surface area contributed by atoms with Crippen molar-refractivity contribution >= 4 is 65.4 Å². The second kappa shape index (κ2) is 11.8. The van der Waals surface area contributed by atoms with Crippen LogP contribution in [0, 0.1) is 22.7 Å². The summed E-state index contributed by atoms with van der Waals surface area (Å²) in [5.74, 6) is 0. The molecule has 0 aliphatic rings. The van der Waals surface area contributed by atoms with Gasteiger partial charge in [0.15, 0.2) is 0 Å². The fourth-order valence-electron chi connectivity index (χ4n) is 8.70. The summed E-state index contributed by atoms with van der Waals surface area (Å²) in [4.78, 5) is 0. The topological polar surface area (TPSA) is 62.4 Å². The molecule has 0 aliphatic heterocycles. The summed E-state index contributed by atoms with van der Waals surface area (Å²) < 4.78 is 6.91. The molecule has 3 heterocycles. The van der Waals surface area contributed by atoms with Gasteiger partial charge in [-0.1, -0.05) is 84.9 Å². The maximum atomic E-state index is 10.2. The third kappa shape index (κ3) is 4.51. The molecule has 0 N–H and O–H groups in total. The summed E-state index contributed by atoms with van der Waals surface area (Å²) in [6.45, 7) is 0. The average Bonchev–Trinajstić information content (AvgIpc) is 3.89. The Balaban J connectivity index is 1.05. The zero-order chi connectivity index (χ0) is 36.6. The van der Waals surface area contributed by atoms with Gasteiger partial charge in [-0.3, -0.25) is 0 Å². The number of benzene rings is 8. The van der Waals surface area contributed by atoms with Crippen LogP contribution in [0.15, 0.2) is 176 Å². The van der Waals surface area contributed by atoms with Crippen LogP contribution in [0.1, 0.15) is 11.1 Å². The normalized spacial score (nSPS) is 11.6. The Morgan fingerprint density at radius 1 is 0.327 bits per heavy atom.